The van der Waals surface area contributed by atoms with Gasteiger partial charge >= 0.3 is 0 Å². The Hall–Kier alpha value is -2.52. The second-order valence-electron chi connectivity index (χ2n) is 5.38. The van der Waals surface area contributed by atoms with Crippen LogP contribution < -0.4 is 4.90 Å². The third-order valence-electron chi connectivity index (χ3n) is 3.72. The molecule has 1 aromatic rings. The van der Waals surface area contributed by atoms with E-state index >= 15 is 0 Å². The third kappa shape index (κ3) is 3.77. The number of likely N-dealkylation sites (N-methyl/N-ethyl adjacent to an activating group) is 1. The molecule has 6 heteroatoms. The lowest BCUT2D eigenvalue weighted by Crippen LogP contribution is -2.47. The maximum absolute atomic E-state index is 12.4. The van der Waals surface area contributed by atoms with Crippen molar-refractivity contribution in [3.63, 3.8) is 0 Å². The highest BCUT2D eigenvalue weighted by molar-refractivity contribution is 5.97. The van der Waals surface area contributed by atoms with Crippen molar-refractivity contribution in [3.8, 4) is 11.8 Å². The van der Waals surface area contributed by atoms with Crippen molar-refractivity contribution in [2.45, 2.75) is 0 Å². The molecule has 1 fully saturated rings. The van der Waals surface area contributed by atoms with E-state index in [2.05, 4.69) is 4.90 Å². The molecular weight excluding hydrogens is 280 g/mol. The van der Waals surface area contributed by atoms with Gasteiger partial charge in [0.1, 0.15) is 17.4 Å². The highest BCUT2D eigenvalue weighted by atomic mass is 16.3. The van der Waals surface area contributed by atoms with Gasteiger partial charge in [-0.2, -0.15) is 5.26 Å². The van der Waals surface area contributed by atoms with Crippen LogP contribution in [0.3, 0.4) is 0 Å². The minimum absolute atomic E-state index is 0.111. The molecule has 1 heterocycles. The van der Waals surface area contributed by atoms with E-state index in [1.807, 2.05) is 13.1 Å². The SMILES string of the molecule is CN1CCN(C(=O)/C(C#N)=C\N(C)c2ccc(O)cc2)CC1. The van der Waals surface area contributed by atoms with Gasteiger partial charge < -0.3 is 19.8 Å². The number of amides is 1. The molecule has 6 nitrogen and oxygen atoms in total. The summed E-state index contributed by atoms with van der Waals surface area (Å²) in [6.45, 7) is 2.91. The normalized spacial score (nSPS) is 16.2. The first-order valence-corrected chi connectivity index (χ1v) is 7.13. The number of nitrogens with zero attached hydrogens (tertiary/aromatic N) is 4. The van der Waals surface area contributed by atoms with E-state index in [1.165, 1.54) is 6.20 Å². The third-order valence-corrected chi connectivity index (χ3v) is 3.72. The number of carbonyl (C=O) groups excluding carboxylic acids is 1. The summed E-state index contributed by atoms with van der Waals surface area (Å²) in [6, 6.07) is 8.56. The number of piperazine rings is 1. The van der Waals surface area contributed by atoms with E-state index in [9.17, 15) is 15.2 Å². The molecule has 0 spiro atoms. The van der Waals surface area contributed by atoms with Crippen molar-refractivity contribution < 1.29 is 9.90 Å². The van der Waals surface area contributed by atoms with E-state index in [-0.39, 0.29) is 17.2 Å². The first-order valence-electron chi connectivity index (χ1n) is 7.13. The smallest absolute Gasteiger partial charge is 0.266 e. The molecule has 0 aliphatic carbocycles. The molecule has 1 amide bonds. The second kappa shape index (κ2) is 6.96. The standard InChI is InChI=1S/C16H20N4O2/c1-18-7-9-20(10-8-18)16(22)13(11-17)12-19(2)14-3-5-15(21)6-4-14/h3-6,12,21H,7-10H2,1-2H3/b13-12-. The maximum atomic E-state index is 12.4. The Labute approximate surface area is 130 Å². The summed E-state index contributed by atoms with van der Waals surface area (Å²) in [4.78, 5) is 18.0. The van der Waals surface area contributed by atoms with E-state index in [1.54, 1.807) is 41.1 Å². The molecule has 0 saturated carbocycles. The van der Waals surface area contributed by atoms with Gasteiger partial charge in [0, 0.05) is 45.1 Å². The van der Waals surface area contributed by atoms with Gasteiger partial charge in [0.05, 0.1) is 0 Å². The fourth-order valence-electron chi connectivity index (χ4n) is 2.27. The minimum Gasteiger partial charge on any atom is -0.508 e. The Kier molecular flexibility index (Phi) is 5.02. The molecule has 0 unspecified atom stereocenters. The van der Waals surface area contributed by atoms with Crippen LogP contribution in [0, 0.1) is 11.3 Å². The van der Waals surface area contributed by atoms with E-state index < -0.39 is 0 Å². The number of phenols is 1. The Balaban J connectivity index is 2.11. The molecule has 1 aliphatic rings. The quantitative estimate of drug-likeness (QED) is 0.666. The molecular formula is C16H20N4O2. The summed E-state index contributed by atoms with van der Waals surface area (Å²) >= 11 is 0. The number of benzene rings is 1. The Morgan fingerprint density at radius 2 is 1.86 bits per heavy atom. The van der Waals surface area contributed by atoms with Gasteiger partial charge in [-0.3, -0.25) is 4.79 Å². The van der Waals surface area contributed by atoms with E-state index in [0.29, 0.717) is 13.1 Å². The van der Waals surface area contributed by atoms with E-state index in [0.717, 1.165) is 18.8 Å². The Morgan fingerprint density at radius 1 is 1.27 bits per heavy atom. The van der Waals surface area contributed by atoms with Crippen LogP contribution in [0.15, 0.2) is 36.0 Å². The molecule has 22 heavy (non-hydrogen) atoms. The molecule has 2 rings (SSSR count). The lowest BCUT2D eigenvalue weighted by molar-refractivity contribution is -0.128. The van der Waals surface area contributed by atoms with Crippen molar-refractivity contribution in [2.75, 3.05) is 45.2 Å². The largest absolute Gasteiger partial charge is 0.508 e. The van der Waals surface area contributed by atoms with Crippen molar-refractivity contribution in [2.24, 2.45) is 0 Å². The maximum Gasteiger partial charge on any atom is 0.266 e. The van der Waals surface area contributed by atoms with Crippen LogP contribution in [-0.2, 0) is 4.79 Å². The lowest BCUT2D eigenvalue weighted by Gasteiger charge is -2.32. The van der Waals surface area contributed by atoms with Gasteiger partial charge in [-0.05, 0) is 31.3 Å². The first kappa shape index (κ1) is 15.9. The van der Waals surface area contributed by atoms with Crippen LogP contribution in [0.25, 0.3) is 0 Å². The molecule has 1 aromatic carbocycles. The molecule has 0 bridgehead atoms. The highest BCUT2D eigenvalue weighted by Crippen LogP contribution is 2.18. The fourth-order valence-corrected chi connectivity index (χ4v) is 2.27. The fraction of sp³-hybridized carbons (Fsp3) is 0.375. The number of phenolic OH excluding ortho intramolecular Hbond substituents is 1. The number of nitriles is 1. The average molecular weight is 300 g/mol. The minimum atomic E-state index is -0.235. The lowest BCUT2D eigenvalue weighted by atomic mass is 10.2. The molecule has 1 saturated heterocycles. The number of hydrogen-bond donors (Lipinski definition) is 1. The van der Waals surface area contributed by atoms with Gasteiger partial charge in [-0.1, -0.05) is 0 Å². The van der Waals surface area contributed by atoms with E-state index in [4.69, 9.17) is 0 Å². The molecule has 0 radical (unpaired) electrons. The second-order valence-corrected chi connectivity index (χ2v) is 5.38. The van der Waals surface area contributed by atoms with Crippen LogP contribution in [0.2, 0.25) is 0 Å². The van der Waals surface area contributed by atoms with Crippen molar-refractivity contribution in [1.82, 2.24) is 9.80 Å². The van der Waals surface area contributed by atoms with Gasteiger partial charge in [0.25, 0.3) is 5.91 Å². The summed E-state index contributed by atoms with van der Waals surface area (Å²) < 4.78 is 0. The zero-order chi connectivity index (χ0) is 16.1. The molecule has 1 N–H and O–H groups in total. The summed E-state index contributed by atoms with van der Waals surface area (Å²) in [5.74, 6) is -0.0589. The van der Waals surface area contributed by atoms with Crippen LogP contribution in [-0.4, -0.2) is 61.1 Å². The van der Waals surface area contributed by atoms with Crippen molar-refractivity contribution >= 4 is 11.6 Å². The number of rotatable bonds is 3. The summed E-state index contributed by atoms with van der Waals surface area (Å²) in [5.41, 5.74) is 0.900. The van der Waals surface area contributed by atoms with Gasteiger partial charge in [-0.15, -0.1) is 0 Å². The van der Waals surface area contributed by atoms with Crippen LogP contribution in [0.1, 0.15) is 0 Å². The average Bonchev–Trinajstić information content (AvgIpc) is 2.53. The highest BCUT2D eigenvalue weighted by Gasteiger charge is 2.22. The summed E-state index contributed by atoms with van der Waals surface area (Å²) in [7, 11) is 3.78. The zero-order valence-corrected chi connectivity index (χ0v) is 12.9. The number of aromatic hydroxyl groups is 1. The van der Waals surface area contributed by atoms with Gasteiger partial charge in [-0.25, -0.2) is 0 Å². The Bertz CT molecular complexity index is 596. The van der Waals surface area contributed by atoms with Crippen LogP contribution in [0.5, 0.6) is 5.75 Å². The predicted molar refractivity (Wildman–Crippen MR) is 84.3 cm³/mol. The summed E-state index contributed by atoms with van der Waals surface area (Å²) in [5, 5.41) is 18.6. The predicted octanol–water partition coefficient (Wildman–Crippen LogP) is 1.01. The van der Waals surface area contributed by atoms with Gasteiger partial charge in [0.15, 0.2) is 0 Å². The first-order chi connectivity index (χ1) is 10.5. The molecule has 1 aliphatic heterocycles. The number of hydrogen-bond acceptors (Lipinski definition) is 5. The number of carbonyl (C=O) groups is 1. The van der Waals surface area contributed by atoms with Crippen LogP contribution >= 0.6 is 0 Å². The van der Waals surface area contributed by atoms with Crippen molar-refractivity contribution in [1.29, 1.82) is 5.26 Å². The molecule has 0 aromatic heterocycles. The summed E-state index contributed by atoms with van der Waals surface area (Å²) in [6.07, 6.45) is 1.53. The topological polar surface area (TPSA) is 70.8 Å². The molecule has 0 atom stereocenters. The molecule has 116 valence electrons. The van der Waals surface area contributed by atoms with Crippen molar-refractivity contribution in [3.05, 3.63) is 36.0 Å². The number of anilines is 1. The zero-order valence-electron chi connectivity index (χ0n) is 12.9. The van der Waals surface area contributed by atoms with Crippen LogP contribution in [0.4, 0.5) is 5.69 Å². The Morgan fingerprint density at radius 3 is 2.41 bits per heavy atom. The monoisotopic (exact) mass is 300 g/mol. The van der Waals surface area contributed by atoms with Gasteiger partial charge in [0.2, 0.25) is 0 Å².